The molecule has 0 fully saturated rings. The van der Waals surface area contributed by atoms with Crippen LogP contribution in [0.4, 0.5) is 18.9 Å². The summed E-state index contributed by atoms with van der Waals surface area (Å²) in [5.74, 6) is -0.779. The molecule has 20 heavy (non-hydrogen) atoms. The van der Waals surface area contributed by atoms with E-state index in [1.54, 1.807) is 6.07 Å². The van der Waals surface area contributed by atoms with E-state index >= 15 is 0 Å². The van der Waals surface area contributed by atoms with Crippen molar-refractivity contribution in [2.75, 3.05) is 11.9 Å². The zero-order valence-electron chi connectivity index (χ0n) is 11.2. The third-order valence-corrected chi connectivity index (χ3v) is 3.57. The van der Waals surface area contributed by atoms with E-state index in [1.807, 2.05) is 13.8 Å². The lowest BCUT2D eigenvalue weighted by atomic mass is 9.95. The Bertz CT molecular complexity index is 463. The second-order valence-electron chi connectivity index (χ2n) is 4.62. The van der Waals surface area contributed by atoms with E-state index in [0.717, 1.165) is 0 Å². The molecule has 0 spiro atoms. The molecule has 0 aromatic heterocycles. The zero-order chi connectivity index (χ0) is 15.3. The molecule has 0 saturated heterocycles. The number of anilines is 1. The minimum Gasteiger partial charge on any atom is -0.330 e. The second kappa shape index (κ2) is 6.99. The lowest BCUT2D eigenvalue weighted by Crippen LogP contribution is -2.33. The van der Waals surface area contributed by atoms with Crippen molar-refractivity contribution in [2.45, 2.75) is 24.3 Å². The highest BCUT2D eigenvalue weighted by Gasteiger charge is 2.31. The molecule has 1 amide bonds. The first-order valence-electron chi connectivity index (χ1n) is 6.10. The average molecular weight is 306 g/mol. The van der Waals surface area contributed by atoms with Gasteiger partial charge in [-0.15, -0.1) is 0 Å². The number of carbonyl (C=O) groups is 1. The number of alkyl halides is 3. The summed E-state index contributed by atoms with van der Waals surface area (Å²) in [6.45, 7) is 3.83. The fraction of sp³-hybridized carbons (Fsp3) is 0.462. The number of nitrogens with two attached hydrogens (primary N) is 1. The molecule has 0 radical (unpaired) electrons. The average Bonchev–Trinajstić information content (AvgIpc) is 2.30. The number of para-hydroxylation sites is 1. The highest BCUT2D eigenvalue weighted by atomic mass is 32.2. The molecular formula is C13H17F3N2OS. The summed E-state index contributed by atoms with van der Waals surface area (Å²) in [4.78, 5) is 12.0. The summed E-state index contributed by atoms with van der Waals surface area (Å²) in [6.07, 6.45) is 0. The van der Waals surface area contributed by atoms with Crippen LogP contribution < -0.4 is 11.1 Å². The number of nitrogens with one attached hydrogen (secondary N) is 1. The SMILES string of the molecule is CC(C)C(CN)C(=O)Nc1ccccc1SC(F)(F)F. The number of thioether (sulfide) groups is 1. The van der Waals surface area contributed by atoms with Crippen LogP contribution in [-0.2, 0) is 4.79 Å². The van der Waals surface area contributed by atoms with Crippen molar-refractivity contribution < 1.29 is 18.0 Å². The fourth-order valence-corrected chi connectivity index (χ4v) is 2.32. The predicted octanol–water partition coefficient (Wildman–Crippen LogP) is 3.47. The van der Waals surface area contributed by atoms with Gasteiger partial charge in [-0.2, -0.15) is 13.2 Å². The molecule has 3 N–H and O–H groups in total. The van der Waals surface area contributed by atoms with Gasteiger partial charge < -0.3 is 11.1 Å². The number of amides is 1. The Hall–Kier alpha value is -1.21. The first-order chi connectivity index (χ1) is 9.24. The summed E-state index contributed by atoms with van der Waals surface area (Å²) in [5, 5.41) is 2.53. The molecule has 1 rings (SSSR count). The standard InChI is InChI=1S/C13H17F3N2OS/c1-8(2)9(7-17)12(19)18-10-5-3-4-6-11(10)20-13(14,15)16/h3-6,8-9H,7,17H2,1-2H3,(H,18,19). The summed E-state index contributed by atoms with van der Waals surface area (Å²) in [7, 11) is 0. The van der Waals surface area contributed by atoms with Gasteiger partial charge in [0.25, 0.3) is 0 Å². The molecule has 1 aromatic carbocycles. The third kappa shape index (κ3) is 5.05. The first kappa shape index (κ1) is 16.8. The molecule has 0 saturated carbocycles. The van der Waals surface area contributed by atoms with Crippen LogP contribution in [0.1, 0.15) is 13.8 Å². The van der Waals surface area contributed by atoms with E-state index in [2.05, 4.69) is 5.32 Å². The van der Waals surface area contributed by atoms with Crippen molar-refractivity contribution in [1.82, 2.24) is 0 Å². The van der Waals surface area contributed by atoms with E-state index in [9.17, 15) is 18.0 Å². The van der Waals surface area contributed by atoms with Crippen LogP contribution in [0.15, 0.2) is 29.2 Å². The monoisotopic (exact) mass is 306 g/mol. The number of carbonyl (C=O) groups excluding carboxylic acids is 1. The van der Waals surface area contributed by atoms with Gasteiger partial charge in [-0.05, 0) is 29.8 Å². The molecule has 0 bridgehead atoms. The van der Waals surface area contributed by atoms with Crippen molar-refractivity contribution in [3.05, 3.63) is 24.3 Å². The predicted molar refractivity (Wildman–Crippen MR) is 74.4 cm³/mol. The molecule has 1 unspecified atom stereocenters. The van der Waals surface area contributed by atoms with Crippen LogP contribution in [0.5, 0.6) is 0 Å². The van der Waals surface area contributed by atoms with E-state index in [4.69, 9.17) is 5.73 Å². The number of hydrogen-bond donors (Lipinski definition) is 2. The van der Waals surface area contributed by atoms with Crippen molar-refractivity contribution in [1.29, 1.82) is 0 Å². The van der Waals surface area contributed by atoms with E-state index < -0.39 is 11.4 Å². The quantitative estimate of drug-likeness (QED) is 0.819. The molecule has 1 atom stereocenters. The maximum absolute atomic E-state index is 12.4. The van der Waals surface area contributed by atoms with Gasteiger partial charge in [0.05, 0.1) is 11.6 Å². The smallest absolute Gasteiger partial charge is 0.330 e. The Morgan fingerprint density at radius 2 is 1.95 bits per heavy atom. The number of hydrogen-bond acceptors (Lipinski definition) is 3. The van der Waals surface area contributed by atoms with Crippen LogP contribution in [0, 0.1) is 11.8 Å². The first-order valence-corrected chi connectivity index (χ1v) is 6.92. The summed E-state index contributed by atoms with van der Waals surface area (Å²) >= 11 is -0.249. The minimum atomic E-state index is -4.40. The maximum Gasteiger partial charge on any atom is 0.446 e. The summed E-state index contributed by atoms with van der Waals surface area (Å²) in [5.41, 5.74) is 1.28. The Balaban J connectivity index is 2.90. The zero-order valence-corrected chi connectivity index (χ0v) is 12.0. The van der Waals surface area contributed by atoms with E-state index in [1.165, 1.54) is 18.2 Å². The van der Waals surface area contributed by atoms with Crippen LogP contribution in [0.3, 0.4) is 0 Å². The van der Waals surface area contributed by atoms with Crippen LogP contribution in [0.2, 0.25) is 0 Å². The van der Waals surface area contributed by atoms with E-state index in [-0.39, 0.29) is 40.7 Å². The normalized spacial score (nSPS) is 13.3. The molecule has 0 heterocycles. The highest BCUT2D eigenvalue weighted by molar-refractivity contribution is 8.00. The third-order valence-electron chi connectivity index (χ3n) is 2.77. The Morgan fingerprint density at radius 1 is 1.35 bits per heavy atom. The van der Waals surface area contributed by atoms with Crippen LogP contribution in [-0.4, -0.2) is 18.0 Å². The topological polar surface area (TPSA) is 55.1 Å². The Labute approximate surface area is 120 Å². The molecular weight excluding hydrogens is 289 g/mol. The van der Waals surface area contributed by atoms with Crippen LogP contribution in [0.25, 0.3) is 0 Å². The lowest BCUT2D eigenvalue weighted by molar-refractivity contribution is -0.120. The molecule has 0 aliphatic carbocycles. The van der Waals surface area contributed by atoms with Gasteiger partial charge in [0.2, 0.25) is 5.91 Å². The summed E-state index contributed by atoms with van der Waals surface area (Å²) < 4.78 is 37.3. The van der Waals surface area contributed by atoms with Crippen molar-refractivity contribution >= 4 is 23.4 Å². The molecule has 0 aliphatic heterocycles. The van der Waals surface area contributed by atoms with Crippen molar-refractivity contribution in [2.24, 2.45) is 17.6 Å². The molecule has 3 nitrogen and oxygen atoms in total. The highest BCUT2D eigenvalue weighted by Crippen LogP contribution is 2.40. The molecule has 7 heteroatoms. The van der Waals surface area contributed by atoms with Crippen molar-refractivity contribution in [3.8, 4) is 0 Å². The molecule has 1 aromatic rings. The van der Waals surface area contributed by atoms with Gasteiger partial charge >= 0.3 is 5.51 Å². The number of benzene rings is 1. The van der Waals surface area contributed by atoms with Gasteiger partial charge in [0, 0.05) is 11.4 Å². The second-order valence-corrected chi connectivity index (χ2v) is 5.73. The van der Waals surface area contributed by atoms with Gasteiger partial charge in [0.1, 0.15) is 0 Å². The lowest BCUT2D eigenvalue weighted by Gasteiger charge is -2.19. The Kier molecular flexibility index (Phi) is 5.88. The Morgan fingerprint density at radius 3 is 2.45 bits per heavy atom. The van der Waals surface area contributed by atoms with Crippen LogP contribution >= 0.6 is 11.8 Å². The number of rotatable bonds is 5. The summed E-state index contributed by atoms with van der Waals surface area (Å²) in [6, 6.07) is 5.83. The fourth-order valence-electron chi connectivity index (χ4n) is 1.69. The van der Waals surface area contributed by atoms with Gasteiger partial charge in [0.15, 0.2) is 0 Å². The largest absolute Gasteiger partial charge is 0.446 e. The number of halogens is 3. The molecule has 0 aliphatic rings. The van der Waals surface area contributed by atoms with E-state index in [0.29, 0.717) is 0 Å². The van der Waals surface area contributed by atoms with Gasteiger partial charge in [-0.3, -0.25) is 4.79 Å². The van der Waals surface area contributed by atoms with Gasteiger partial charge in [-0.25, -0.2) is 0 Å². The minimum absolute atomic E-state index is 0.0161. The van der Waals surface area contributed by atoms with Gasteiger partial charge in [-0.1, -0.05) is 26.0 Å². The molecule has 112 valence electrons. The maximum atomic E-state index is 12.4. The van der Waals surface area contributed by atoms with Crippen molar-refractivity contribution in [3.63, 3.8) is 0 Å².